The highest BCUT2D eigenvalue weighted by molar-refractivity contribution is 5.85. The maximum Gasteiger partial charge on any atom is 0.122 e. The SMILES string of the molecule is COc1cccc2c1CC(N(C1CC1)C1CC1)CC2.Cl. The van der Waals surface area contributed by atoms with Crippen LogP contribution in [0.3, 0.4) is 0 Å². The molecule has 2 fully saturated rings. The van der Waals surface area contributed by atoms with Gasteiger partial charge in [0.1, 0.15) is 5.75 Å². The second-order valence-corrected chi connectivity index (χ2v) is 6.40. The van der Waals surface area contributed by atoms with E-state index >= 15 is 0 Å². The monoisotopic (exact) mass is 293 g/mol. The van der Waals surface area contributed by atoms with Gasteiger partial charge in [0.15, 0.2) is 0 Å². The summed E-state index contributed by atoms with van der Waals surface area (Å²) in [6, 6.07) is 9.13. The van der Waals surface area contributed by atoms with E-state index in [4.69, 9.17) is 4.74 Å². The highest BCUT2D eigenvalue weighted by Gasteiger charge is 2.43. The first-order valence-electron chi connectivity index (χ1n) is 7.79. The number of fused-ring (bicyclic) bond motifs is 1. The van der Waals surface area contributed by atoms with Crippen molar-refractivity contribution in [3.8, 4) is 5.75 Å². The summed E-state index contributed by atoms with van der Waals surface area (Å²) in [6.07, 6.45) is 9.52. The van der Waals surface area contributed by atoms with Gasteiger partial charge in [-0.05, 0) is 62.1 Å². The lowest BCUT2D eigenvalue weighted by atomic mass is 9.86. The maximum absolute atomic E-state index is 5.57. The number of ether oxygens (including phenoxy) is 1. The van der Waals surface area contributed by atoms with Crippen LogP contribution in [0.2, 0.25) is 0 Å². The van der Waals surface area contributed by atoms with Gasteiger partial charge in [-0.2, -0.15) is 0 Å². The van der Waals surface area contributed by atoms with Gasteiger partial charge in [-0.25, -0.2) is 0 Å². The Hall–Kier alpha value is -0.730. The molecule has 3 aliphatic rings. The predicted molar refractivity (Wildman–Crippen MR) is 83.9 cm³/mol. The summed E-state index contributed by atoms with van der Waals surface area (Å²) in [5, 5.41) is 0. The number of aryl methyl sites for hydroxylation is 1. The molecule has 1 aromatic carbocycles. The Balaban J connectivity index is 0.00000121. The molecule has 0 bridgehead atoms. The largest absolute Gasteiger partial charge is 0.496 e. The molecule has 4 rings (SSSR count). The Morgan fingerprint density at radius 3 is 2.30 bits per heavy atom. The maximum atomic E-state index is 5.57. The number of hydrogen-bond donors (Lipinski definition) is 0. The van der Waals surface area contributed by atoms with Crippen LogP contribution in [-0.4, -0.2) is 30.1 Å². The first kappa shape index (κ1) is 14.2. The summed E-state index contributed by atoms with van der Waals surface area (Å²) >= 11 is 0. The number of halogens is 1. The molecule has 2 nitrogen and oxygen atoms in total. The van der Waals surface area contributed by atoms with E-state index in [-0.39, 0.29) is 12.4 Å². The smallest absolute Gasteiger partial charge is 0.122 e. The van der Waals surface area contributed by atoms with Crippen molar-refractivity contribution in [2.75, 3.05) is 7.11 Å². The first-order valence-corrected chi connectivity index (χ1v) is 7.79. The summed E-state index contributed by atoms with van der Waals surface area (Å²) in [5.41, 5.74) is 3.00. The summed E-state index contributed by atoms with van der Waals surface area (Å²) in [5.74, 6) is 1.11. The van der Waals surface area contributed by atoms with Gasteiger partial charge in [-0.15, -0.1) is 12.4 Å². The minimum Gasteiger partial charge on any atom is -0.496 e. The highest BCUT2D eigenvalue weighted by atomic mass is 35.5. The lowest BCUT2D eigenvalue weighted by Crippen LogP contribution is -2.42. The molecule has 1 unspecified atom stereocenters. The molecular formula is C17H24ClNO. The topological polar surface area (TPSA) is 12.5 Å². The Kier molecular flexibility index (Phi) is 3.96. The van der Waals surface area contributed by atoms with Crippen LogP contribution in [0.5, 0.6) is 5.75 Å². The van der Waals surface area contributed by atoms with Crippen LogP contribution >= 0.6 is 12.4 Å². The molecule has 0 N–H and O–H groups in total. The van der Waals surface area contributed by atoms with Crippen molar-refractivity contribution in [2.24, 2.45) is 0 Å². The molecule has 3 heteroatoms. The third kappa shape index (κ3) is 2.56. The number of nitrogens with zero attached hydrogens (tertiary/aromatic N) is 1. The Morgan fingerprint density at radius 1 is 1.00 bits per heavy atom. The number of hydrogen-bond acceptors (Lipinski definition) is 2. The summed E-state index contributed by atoms with van der Waals surface area (Å²) in [7, 11) is 1.80. The van der Waals surface area contributed by atoms with Crippen molar-refractivity contribution in [3.05, 3.63) is 29.3 Å². The lowest BCUT2D eigenvalue weighted by molar-refractivity contribution is 0.159. The van der Waals surface area contributed by atoms with Gasteiger partial charge >= 0.3 is 0 Å². The minimum absolute atomic E-state index is 0. The summed E-state index contributed by atoms with van der Waals surface area (Å²) < 4.78 is 5.57. The van der Waals surface area contributed by atoms with Crippen molar-refractivity contribution in [3.63, 3.8) is 0 Å². The first-order chi connectivity index (χ1) is 9.36. The van der Waals surface area contributed by atoms with Crippen molar-refractivity contribution >= 4 is 12.4 Å². The molecule has 0 heterocycles. The fraction of sp³-hybridized carbons (Fsp3) is 0.647. The molecule has 1 aromatic rings. The van der Waals surface area contributed by atoms with Crippen molar-refractivity contribution in [1.82, 2.24) is 4.90 Å². The molecule has 0 aromatic heterocycles. The lowest BCUT2D eigenvalue weighted by Gasteiger charge is -2.36. The van der Waals surface area contributed by atoms with Crippen LogP contribution in [0.25, 0.3) is 0 Å². The van der Waals surface area contributed by atoms with Crippen molar-refractivity contribution in [1.29, 1.82) is 0 Å². The van der Waals surface area contributed by atoms with E-state index in [0.717, 1.165) is 23.9 Å². The normalized spacial score (nSPS) is 25.0. The zero-order valence-corrected chi connectivity index (χ0v) is 13.0. The Labute approximate surface area is 127 Å². The van der Waals surface area contributed by atoms with E-state index in [1.165, 1.54) is 56.1 Å². The van der Waals surface area contributed by atoms with Gasteiger partial charge in [0, 0.05) is 18.1 Å². The van der Waals surface area contributed by atoms with Gasteiger partial charge in [0.25, 0.3) is 0 Å². The van der Waals surface area contributed by atoms with Gasteiger partial charge < -0.3 is 4.74 Å². The molecule has 110 valence electrons. The molecule has 1 atom stereocenters. The zero-order chi connectivity index (χ0) is 12.8. The molecule has 20 heavy (non-hydrogen) atoms. The molecule has 3 aliphatic carbocycles. The van der Waals surface area contributed by atoms with E-state index < -0.39 is 0 Å². The molecule has 0 spiro atoms. The third-order valence-corrected chi connectivity index (χ3v) is 5.00. The van der Waals surface area contributed by atoms with E-state index in [1.54, 1.807) is 7.11 Å². The molecular weight excluding hydrogens is 270 g/mol. The fourth-order valence-electron chi connectivity index (χ4n) is 3.82. The third-order valence-electron chi connectivity index (χ3n) is 5.00. The van der Waals surface area contributed by atoms with E-state index in [0.29, 0.717) is 0 Å². The average molecular weight is 294 g/mol. The summed E-state index contributed by atoms with van der Waals surface area (Å²) in [6.45, 7) is 0. The van der Waals surface area contributed by atoms with Crippen LogP contribution in [0.15, 0.2) is 18.2 Å². The van der Waals surface area contributed by atoms with Crippen molar-refractivity contribution in [2.45, 2.75) is 63.1 Å². The molecule has 0 aliphatic heterocycles. The number of rotatable bonds is 4. The molecule has 0 radical (unpaired) electrons. The minimum atomic E-state index is 0. The van der Waals surface area contributed by atoms with Crippen LogP contribution in [0.1, 0.15) is 43.2 Å². The Morgan fingerprint density at radius 2 is 1.70 bits per heavy atom. The van der Waals surface area contributed by atoms with Crippen LogP contribution in [0, 0.1) is 0 Å². The average Bonchev–Trinajstić information content (AvgIpc) is 3.32. The highest BCUT2D eigenvalue weighted by Crippen LogP contribution is 2.42. The van der Waals surface area contributed by atoms with E-state index in [1.807, 2.05) is 0 Å². The Bertz CT molecular complexity index is 456. The molecule has 2 saturated carbocycles. The van der Waals surface area contributed by atoms with E-state index in [2.05, 4.69) is 23.1 Å². The van der Waals surface area contributed by atoms with E-state index in [9.17, 15) is 0 Å². The summed E-state index contributed by atoms with van der Waals surface area (Å²) in [4.78, 5) is 2.87. The second-order valence-electron chi connectivity index (χ2n) is 6.40. The van der Waals surface area contributed by atoms with Crippen molar-refractivity contribution < 1.29 is 4.74 Å². The quantitative estimate of drug-likeness (QED) is 0.841. The van der Waals surface area contributed by atoms with Gasteiger partial charge in [-0.3, -0.25) is 4.90 Å². The predicted octanol–water partition coefficient (Wildman–Crippen LogP) is 3.60. The van der Waals surface area contributed by atoms with Crippen LogP contribution in [0.4, 0.5) is 0 Å². The zero-order valence-electron chi connectivity index (χ0n) is 12.2. The van der Waals surface area contributed by atoms with Crippen LogP contribution < -0.4 is 4.74 Å². The number of methoxy groups -OCH3 is 1. The van der Waals surface area contributed by atoms with Crippen LogP contribution in [-0.2, 0) is 12.8 Å². The molecule has 0 saturated heterocycles. The van der Waals surface area contributed by atoms with Gasteiger partial charge in [-0.1, -0.05) is 12.1 Å². The molecule has 0 amide bonds. The second kappa shape index (κ2) is 5.57. The van der Waals surface area contributed by atoms with Gasteiger partial charge in [0.2, 0.25) is 0 Å². The standard InChI is InChI=1S/C17H23NO.ClH/c1-19-17-4-2-3-12-5-6-15(11-16(12)17)18(13-7-8-13)14-9-10-14;/h2-4,13-15H,5-11H2,1H3;1H. The number of benzene rings is 1. The fourth-order valence-corrected chi connectivity index (χ4v) is 3.82. The van der Waals surface area contributed by atoms with Gasteiger partial charge in [0.05, 0.1) is 7.11 Å².